The lowest BCUT2D eigenvalue weighted by molar-refractivity contribution is -0.154. The maximum absolute atomic E-state index is 12.3. The first-order chi connectivity index (χ1) is 11.6. The lowest BCUT2D eigenvalue weighted by Crippen LogP contribution is -2.43. The molecule has 1 N–H and O–H groups in total. The number of aliphatic hydroxyl groups excluding tert-OH is 1. The molecule has 0 unspecified atom stereocenters. The van der Waals surface area contributed by atoms with Gasteiger partial charge in [0.25, 0.3) is 5.91 Å². The van der Waals surface area contributed by atoms with Crippen molar-refractivity contribution in [3.63, 3.8) is 0 Å². The Balaban J connectivity index is 1.87. The molecule has 0 radical (unpaired) electrons. The second kappa shape index (κ2) is 8.89. The molecule has 128 valence electrons. The number of benzene rings is 1. The average Bonchev–Trinajstić information content (AvgIpc) is 2.99. The van der Waals surface area contributed by atoms with E-state index in [9.17, 15) is 14.7 Å². The number of esters is 1. The predicted molar refractivity (Wildman–Crippen MR) is 83.9 cm³/mol. The van der Waals surface area contributed by atoms with Gasteiger partial charge < -0.3 is 19.5 Å². The van der Waals surface area contributed by atoms with E-state index in [1.807, 2.05) is 12.1 Å². The molecule has 1 amide bonds. The first-order valence-corrected chi connectivity index (χ1v) is 7.80. The number of amides is 1. The van der Waals surface area contributed by atoms with Crippen molar-refractivity contribution in [1.29, 1.82) is 5.26 Å². The molecule has 1 heterocycles. The molecule has 0 spiro atoms. The summed E-state index contributed by atoms with van der Waals surface area (Å²) >= 11 is 0. The Labute approximate surface area is 140 Å². The van der Waals surface area contributed by atoms with E-state index in [2.05, 4.69) is 0 Å². The van der Waals surface area contributed by atoms with Crippen LogP contribution in [0.4, 0.5) is 0 Å². The number of nitrogens with zero attached hydrogens (tertiary/aromatic N) is 2. The molecule has 0 bridgehead atoms. The largest absolute Gasteiger partial charge is 0.484 e. The topological polar surface area (TPSA) is 99.9 Å². The number of likely N-dealkylation sites (tertiary alicyclic amines) is 1. The molecule has 2 rings (SSSR count). The zero-order chi connectivity index (χ0) is 17.4. The number of β-amino-alcohol motifs (C(OH)–C–C–N with tert-alkyl or cyclic N) is 1. The standard InChI is InChI=1S/C17H20N2O5/c18-8-4-5-9-23-17(22)15-10-13(20)11-19(15)16(21)12-24-14-6-2-1-3-7-14/h1-3,6-7,13,15,20H,4-5,9-12H2/t13-,15+/m1/s1. The smallest absolute Gasteiger partial charge is 0.328 e. The molecule has 0 aromatic heterocycles. The van der Waals surface area contributed by atoms with Crippen LogP contribution in [0.3, 0.4) is 0 Å². The summed E-state index contributed by atoms with van der Waals surface area (Å²) in [6.45, 7) is -0.00851. The number of unbranched alkanes of at least 4 members (excludes halogenated alkanes) is 1. The Morgan fingerprint density at radius 2 is 2.08 bits per heavy atom. The molecule has 1 aromatic rings. The molecule has 1 saturated heterocycles. The normalized spacial score (nSPS) is 19.6. The van der Waals surface area contributed by atoms with E-state index < -0.39 is 18.1 Å². The van der Waals surface area contributed by atoms with E-state index in [0.717, 1.165) is 0 Å². The second-order valence-corrected chi connectivity index (χ2v) is 5.48. The van der Waals surface area contributed by atoms with Crippen LogP contribution in [0.25, 0.3) is 0 Å². The lowest BCUT2D eigenvalue weighted by Gasteiger charge is -2.23. The summed E-state index contributed by atoms with van der Waals surface area (Å²) in [5.41, 5.74) is 0. The van der Waals surface area contributed by atoms with Gasteiger partial charge in [0.15, 0.2) is 6.61 Å². The Morgan fingerprint density at radius 3 is 2.79 bits per heavy atom. The van der Waals surface area contributed by atoms with Crippen molar-refractivity contribution in [2.75, 3.05) is 19.8 Å². The van der Waals surface area contributed by atoms with Crippen LogP contribution in [-0.4, -0.2) is 53.8 Å². The van der Waals surface area contributed by atoms with Crippen molar-refractivity contribution in [3.8, 4) is 11.8 Å². The number of hydrogen-bond donors (Lipinski definition) is 1. The molecule has 2 atom stereocenters. The van der Waals surface area contributed by atoms with Crippen LogP contribution < -0.4 is 4.74 Å². The van der Waals surface area contributed by atoms with E-state index in [4.69, 9.17) is 14.7 Å². The average molecular weight is 332 g/mol. The zero-order valence-corrected chi connectivity index (χ0v) is 13.3. The summed E-state index contributed by atoms with van der Waals surface area (Å²) < 4.78 is 10.5. The maximum Gasteiger partial charge on any atom is 0.328 e. The quantitative estimate of drug-likeness (QED) is 0.587. The Morgan fingerprint density at radius 1 is 1.33 bits per heavy atom. The Bertz CT molecular complexity index is 599. The van der Waals surface area contributed by atoms with Crippen LogP contribution in [0.2, 0.25) is 0 Å². The number of hydrogen-bond acceptors (Lipinski definition) is 6. The van der Waals surface area contributed by atoms with Gasteiger partial charge in [0.05, 0.1) is 18.8 Å². The van der Waals surface area contributed by atoms with E-state index in [0.29, 0.717) is 18.6 Å². The highest BCUT2D eigenvalue weighted by Gasteiger charge is 2.39. The molecule has 1 aliphatic rings. The van der Waals surface area contributed by atoms with Crippen molar-refractivity contribution >= 4 is 11.9 Å². The maximum atomic E-state index is 12.3. The summed E-state index contributed by atoms with van der Waals surface area (Å²) in [5.74, 6) is -0.381. The van der Waals surface area contributed by atoms with Gasteiger partial charge >= 0.3 is 5.97 Å². The molecule has 7 heteroatoms. The third kappa shape index (κ3) is 4.96. The monoisotopic (exact) mass is 332 g/mol. The van der Waals surface area contributed by atoms with Crippen LogP contribution in [-0.2, 0) is 14.3 Å². The van der Waals surface area contributed by atoms with Crippen LogP contribution in [0.15, 0.2) is 30.3 Å². The summed E-state index contributed by atoms with van der Waals surface area (Å²) in [6.07, 6.45) is 0.132. The third-order valence-corrected chi connectivity index (χ3v) is 3.65. The van der Waals surface area contributed by atoms with Gasteiger partial charge in [-0.15, -0.1) is 0 Å². The summed E-state index contributed by atoms with van der Waals surface area (Å²) in [4.78, 5) is 25.7. The minimum Gasteiger partial charge on any atom is -0.484 e. The molecular formula is C17H20N2O5. The van der Waals surface area contributed by atoms with Gasteiger partial charge in [0.2, 0.25) is 0 Å². The number of ether oxygens (including phenoxy) is 2. The summed E-state index contributed by atoms with van der Waals surface area (Å²) in [7, 11) is 0. The number of carbonyl (C=O) groups excluding carboxylic acids is 2. The predicted octanol–water partition coefficient (Wildman–Crippen LogP) is 0.874. The fourth-order valence-electron chi connectivity index (χ4n) is 2.48. The van der Waals surface area contributed by atoms with Crippen molar-refractivity contribution in [2.24, 2.45) is 0 Å². The first-order valence-electron chi connectivity index (χ1n) is 7.80. The molecule has 7 nitrogen and oxygen atoms in total. The van der Waals surface area contributed by atoms with Crippen LogP contribution in [0, 0.1) is 11.3 Å². The van der Waals surface area contributed by atoms with Gasteiger partial charge in [-0.25, -0.2) is 4.79 Å². The molecule has 1 fully saturated rings. The molecule has 24 heavy (non-hydrogen) atoms. The van der Waals surface area contributed by atoms with Crippen LogP contribution in [0.5, 0.6) is 5.75 Å². The number of carbonyl (C=O) groups is 2. The third-order valence-electron chi connectivity index (χ3n) is 3.65. The van der Waals surface area contributed by atoms with Crippen molar-refractivity contribution in [2.45, 2.75) is 31.4 Å². The SMILES string of the molecule is N#CCCCOC(=O)[C@@H]1C[C@@H](O)CN1C(=O)COc1ccccc1. The Kier molecular flexibility index (Phi) is 6.58. The second-order valence-electron chi connectivity index (χ2n) is 5.48. The number of aliphatic hydroxyl groups is 1. The van der Waals surface area contributed by atoms with E-state index >= 15 is 0 Å². The molecular weight excluding hydrogens is 312 g/mol. The minimum atomic E-state index is -0.811. The first kappa shape index (κ1) is 17.8. The van der Waals surface area contributed by atoms with Gasteiger partial charge in [-0.1, -0.05) is 18.2 Å². The van der Waals surface area contributed by atoms with Gasteiger partial charge in [-0.3, -0.25) is 4.79 Å². The van der Waals surface area contributed by atoms with Crippen molar-refractivity contribution in [3.05, 3.63) is 30.3 Å². The summed E-state index contributed by atoms with van der Waals surface area (Å²) in [5, 5.41) is 18.2. The van der Waals surface area contributed by atoms with Crippen LogP contribution in [0.1, 0.15) is 19.3 Å². The van der Waals surface area contributed by atoms with Gasteiger partial charge in [0, 0.05) is 19.4 Å². The molecule has 1 aromatic carbocycles. The fourth-order valence-corrected chi connectivity index (χ4v) is 2.48. The molecule has 1 aliphatic heterocycles. The lowest BCUT2D eigenvalue weighted by atomic mass is 10.2. The Hall–Kier alpha value is -2.59. The highest BCUT2D eigenvalue weighted by atomic mass is 16.5. The van der Waals surface area contributed by atoms with Gasteiger partial charge in [0.1, 0.15) is 11.8 Å². The molecule has 0 aliphatic carbocycles. The number of nitriles is 1. The van der Waals surface area contributed by atoms with E-state index in [1.54, 1.807) is 24.3 Å². The fraction of sp³-hybridized carbons (Fsp3) is 0.471. The number of para-hydroxylation sites is 1. The van der Waals surface area contributed by atoms with Gasteiger partial charge in [-0.05, 0) is 18.6 Å². The van der Waals surface area contributed by atoms with E-state index in [-0.39, 0.29) is 32.1 Å². The highest BCUT2D eigenvalue weighted by molar-refractivity contribution is 5.86. The highest BCUT2D eigenvalue weighted by Crippen LogP contribution is 2.20. The zero-order valence-electron chi connectivity index (χ0n) is 13.3. The number of rotatable bonds is 7. The van der Waals surface area contributed by atoms with Crippen molar-refractivity contribution in [1.82, 2.24) is 4.90 Å². The minimum absolute atomic E-state index is 0.0783. The van der Waals surface area contributed by atoms with Gasteiger partial charge in [-0.2, -0.15) is 5.26 Å². The van der Waals surface area contributed by atoms with Crippen molar-refractivity contribution < 1.29 is 24.2 Å². The molecule has 0 saturated carbocycles. The van der Waals surface area contributed by atoms with E-state index in [1.165, 1.54) is 4.90 Å². The summed E-state index contributed by atoms with van der Waals surface area (Å²) in [6, 6.07) is 10.0. The van der Waals surface area contributed by atoms with Crippen LogP contribution >= 0.6 is 0 Å².